The monoisotopic (exact) mass is 601 g/mol. The number of hydrogen-bond donors (Lipinski definition) is 4. The standard InChI is InChI=1S/C15H10O6.C12H8N2.ClH.2H2O.Zn/c16-8-3-1-7(2-4-8)15-14(20)13(19)12-10(18)5-9(17)6-11(12)21-15;1-3-9-5-6-10-4-2-8-14-12(10)11(9)13-7-1;;;;/h1-6,16-18,20H;1-8H;1H;2*1H2;/q;;;;;+2/p-1. The molecule has 3 aromatic heterocycles. The van der Waals surface area contributed by atoms with Crippen molar-refractivity contribution in [3.05, 3.63) is 95.4 Å². The average Bonchev–Trinajstić information content (AvgIpc) is 2.87. The number of benzene rings is 3. The summed E-state index contributed by atoms with van der Waals surface area (Å²) in [6.45, 7) is 0. The topological polar surface area (TPSA) is 200 Å². The molecule has 0 aliphatic rings. The predicted octanol–water partition coefficient (Wildman–Crippen LogP) is 0.418. The number of hydrogen-bond acceptors (Lipinski definition) is 8. The minimum absolute atomic E-state index is 0. The third-order valence-corrected chi connectivity index (χ3v) is 5.41. The van der Waals surface area contributed by atoms with Crippen molar-refractivity contribution in [2.75, 3.05) is 0 Å². The first-order valence-corrected chi connectivity index (χ1v) is 10.5. The maximum absolute atomic E-state index is 12.1. The van der Waals surface area contributed by atoms with Gasteiger partial charge in [0.05, 0.1) is 11.0 Å². The Morgan fingerprint density at radius 2 is 1.23 bits per heavy atom. The number of rotatable bonds is 1. The molecule has 0 unspecified atom stereocenters. The van der Waals surface area contributed by atoms with E-state index in [0.717, 1.165) is 27.9 Å². The first-order valence-electron chi connectivity index (χ1n) is 10.5. The summed E-state index contributed by atoms with van der Waals surface area (Å²) in [7, 11) is 0. The molecule has 0 saturated carbocycles. The Morgan fingerprint density at radius 3 is 1.77 bits per heavy atom. The summed E-state index contributed by atoms with van der Waals surface area (Å²) >= 11 is 0. The van der Waals surface area contributed by atoms with Crippen LogP contribution in [0.3, 0.4) is 0 Å². The summed E-state index contributed by atoms with van der Waals surface area (Å²) in [5, 5.41) is 40.4. The van der Waals surface area contributed by atoms with Crippen molar-refractivity contribution in [2.24, 2.45) is 0 Å². The Hall–Kier alpha value is -4.28. The fraction of sp³-hybridized carbons (Fsp3) is 0. The summed E-state index contributed by atoms with van der Waals surface area (Å²) in [4.78, 5) is 20.8. The van der Waals surface area contributed by atoms with Gasteiger partial charge in [-0.1, -0.05) is 24.3 Å². The number of fused-ring (bicyclic) bond motifs is 4. The summed E-state index contributed by atoms with van der Waals surface area (Å²) in [6, 6.07) is 20.0. The van der Waals surface area contributed by atoms with Gasteiger partial charge < -0.3 is 48.2 Å². The summed E-state index contributed by atoms with van der Waals surface area (Å²) in [5.74, 6) is -1.50. The van der Waals surface area contributed by atoms with Gasteiger partial charge in [0.25, 0.3) is 0 Å². The van der Waals surface area contributed by atoms with Crippen molar-refractivity contribution in [3.8, 4) is 34.3 Å². The molecule has 196 valence electrons. The Bertz CT molecular complexity index is 1720. The molecule has 12 heteroatoms. The number of nitrogens with zero attached hydrogens (tertiary/aromatic N) is 2. The van der Waals surface area contributed by atoms with Crippen LogP contribution < -0.4 is 17.8 Å². The second-order valence-corrected chi connectivity index (χ2v) is 7.71. The first kappa shape index (κ1) is 32.8. The first-order chi connectivity index (χ1) is 16.9. The molecule has 10 nitrogen and oxygen atoms in total. The summed E-state index contributed by atoms with van der Waals surface area (Å²) in [5.41, 5.74) is 1.46. The van der Waals surface area contributed by atoms with E-state index in [0.29, 0.717) is 5.56 Å². The molecule has 39 heavy (non-hydrogen) atoms. The molecule has 0 aliphatic carbocycles. The molecule has 0 spiro atoms. The average molecular weight is 603 g/mol. The van der Waals surface area contributed by atoms with Crippen molar-refractivity contribution >= 4 is 32.8 Å². The SMILES string of the molecule is O.O.O=c1c(O)c(-c2ccc(O)cc2)oc2cc(O)cc(O)c12.[Cl-].[Zn+2].c1cnc2c(c1)ccc1cccnc12. The number of aromatic hydroxyl groups is 4. The number of halogens is 1. The van der Waals surface area contributed by atoms with E-state index in [1.54, 1.807) is 12.4 Å². The molecule has 3 aromatic carbocycles. The number of pyridine rings is 2. The maximum Gasteiger partial charge on any atom is 2.00 e. The molecule has 8 N–H and O–H groups in total. The third-order valence-electron chi connectivity index (χ3n) is 5.41. The van der Waals surface area contributed by atoms with Crippen LogP contribution in [-0.4, -0.2) is 41.3 Å². The molecule has 0 amide bonds. The van der Waals surface area contributed by atoms with E-state index in [4.69, 9.17) is 4.42 Å². The van der Waals surface area contributed by atoms with Gasteiger partial charge in [-0.05, 0) is 36.4 Å². The van der Waals surface area contributed by atoms with Crippen molar-refractivity contribution in [1.29, 1.82) is 0 Å². The van der Waals surface area contributed by atoms with Crippen LogP contribution in [0.25, 0.3) is 44.1 Å². The van der Waals surface area contributed by atoms with Gasteiger partial charge in [0, 0.05) is 40.9 Å². The number of phenolic OH excluding ortho intramolecular Hbond substituents is 3. The minimum atomic E-state index is -0.808. The smallest absolute Gasteiger partial charge is 1.00 e. The summed E-state index contributed by atoms with van der Waals surface area (Å²) < 4.78 is 5.41. The molecule has 0 atom stereocenters. The molecule has 0 aliphatic heterocycles. The molecule has 0 bridgehead atoms. The Labute approximate surface area is 239 Å². The van der Waals surface area contributed by atoms with Crippen LogP contribution in [0.4, 0.5) is 0 Å². The zero-order chi connectivity index (χ0) is 24.5. The fourth-order valence-corrected chi connectivity index (χ4v) is 3.76. The van der Waals surface area contributed by atoms with Crippen molar-refractivity contribution < 1.29 is 67.7 Å². The van der Waals surface area contributed by atoms with Gasteiger partial charge in [0.15, 0.2) is 5.76 Å². The van der Waals surface area contributed by atoms with Crippen molar-refractivity contribution in [2.45, 2.75) is 0 Å². The van der Waals surface area contributed by atoms with Gasteiger partial charge in [-0.25, -0.2) is 0 Å². The van der Waals surface area contributed by atoms with Crippen LogP contribution in [-0.2, 0) is 19.5 Å². The van der Waals surface area contributed by atoms with E-state index in [9.17, 15) is 25.2 Å². The second kappa shape index (κ2) is 13.5. The van der Waals surface area contributed by atoms with Crippen LogP contribution in [0.2, 0.25) is 0 Å². The molecule has 0 fully saturated rings. The zero-order valence-corrected chi connectivity index (χ0v) is 23.9. The molecule has 6 aromatic rings. The van der Waals surface area contributed by atoms with Gasteiger partial charge in [0.1, 0.15) is 28.2 Å². The Morgan fingerprint density at radius 1 is 0.692 bits per heavy atom. The van der Waals surface area contributed by atoms with Gasteiger partial charge in [-0.2, -0.15) is 0 Å². The van der Waals surface area contributed by atoms with Crippen LogP contribution >= 0.6 is 0 Å². The molecule has 0 radical (unpaired) electrons. The van der Waals surface area contributed by atoms with Crippen molar-refractivity contribution in [1.82, 2.24) is 9.97 Å². The molecular weight excluding hydrogens is 581 g/mol. The molecular formula is C27H22ClN2O8Zn+. The Kier molecular flexibility index (Phi) is 11.3. The second-order valence-electron chi connectivity index (χ2n) is 7.71. The number of aromatic nitrogens is 2. The van der Waals surface area contributed by atoms with Crippen LogP contribution in [0.1, 0.15) is 0 Å². The zero-order valence-electron chi connectivity index (χ0n) is 20.2. The van der Waals surface area contributed by atoms with Crippen LogP contribution in [0.15, 0.2) is 94.4 Å². The Balaban J connectivity index is 0.000000374. The van der Waals surface area contributed by atoms with E-state index >= 15 is 0 Å². The quantitative estimate of drug-likeness (QED) is 0.153. The number of phenols is 3. The molecule has 0 saturated heterocycles. The van der Waals surface area contributed by atoms with E-state index in [1.165, 1.54) is 30.3 Å². The van der Waals surface area contributed by atoms with Gasteiger partial charge in [0.2, 0.25) is 11.2 Å². The normalized spacial score (nSPS) is 9.74. The van der Waals surface area contributed by atoms with Crippen molar-refractivity contribution in [3.63, 3.8) is 0 Å². The fourth-order valence-electron chi connectivity index (χ4n) is 3.76. The van der Waals surface area contributed by atoms with Gasteiger partial charge in [-0.15, -0.1) is 0 Å². The molecule has 6 rings (SSSR count). The maximum atomic E-state index is 12.1. The van der Waals surface area contributed by atoms with E-state index in [-0.39, 0.29) is 71.1 Å². The predicted molar refractivity (Wildman–Crippen MR) is 139 cm³/mol. The minimum Gasteiger partial charge on any atom is -1.00 e. The summed E-state index contributed by atoms with van der Waals surface area (Å²) in [6.07, 6.45) is 3.60. The van der Waals surface area contributed by atoms with Gasteiger partial charge >= 0.3 is 19.5 Å². The molecule has 3 heterocycles. The van der Waals surface area contributed by atoms with E-state index in [1.807, 2.05) is 12.1 Å². The third kappa shape index (κ3) is 6.42. The van der Waals surface area contributed by atoms with E-state index < -0.39 is 16.9 Å². The van der Waals surface area contributed by atoms with Crippen LogP contribution in [0.5, 0.6) is 23.0 Å². The van der Waals surface area contributed by atoms with E-state index in [2.05, 4.69) is 34.2 Å². The largest absolute Gasteiger partial charge is 2.00 e. The van der Waals surface area contributed by atoms with Crippen LogP contribution in [0, 0.1) is 0 Å². The van der Waals surface area contributed by atoms with Gasteiger partial charge in [-0.3, -0.25) is 14.8 Å².